The Balaban J connectivity index is 0.00000132. The van der Waals surface area contributed by atoms with E-state index in [2.05, 4.69) is 33.8 Å². The molecule has 2 aromatic rings. The van der Waals surface area contributed by atoms with Crippen molar-refractivity contribution in [3.8, 4) is 0 Å². The van der Waals surface area contributed by atoms with E-state index in [1.807, 2.05) is 19.1 Å². The lowest BCUT2D eigenvalue weighted by Crippen LogP contribution is -2.39. The SMILES string of the molecule is Cc1ccncc1C(=O)NCC1NCCc2ccccc21.Cl.Cl. The average Bonchev–Trinajstić information content (AvgIpc) is 2.53. The summed E-state index contributed by atoms with van der Waals surface area (Å²) in [6.07, 6.45) is 4.36. The number of halogens is 2. The number of benzene rings is 1. The molecule has 0 fully saturated rings. The molecule has 2 N–H and O–H groups in total. The van der Waals surface area contributed by atoms with Gasteiger partial charge in [-0.3, -0.25) is 9.78 Å². The lowest BCUT2D eigenvalue weighted by Gasteiger charge is -2.27. The zero-order chi connectivity index (χ0) is 14.7. The van der Waals surface area contributed by atoms with Crippen LogP contribution in [0.5, 0.6) is 0 Å². The van der Waals surface area contributed by atoms with Crippen molar-refractivity contribution < 1.29 is 4.79 Å². The zero-order valence-corrected chi connectivity index (χ0v) is 14.5. The van der Waals surface area contributed by atoms with Crippen molar-refractivity contribution in [2.75, 3.05) is 13.1 Å². The van der Waals surface area contributed by atoms with Gasteiger partial charge in [-0.25, -0.2) is 0 Å². The third-order valence-electron chi connectivity index (χ3n) is 3.97. The largest absolute Gasteiger partial charge is 0.350 e. The van der Waals surface area contributed by atoms with E-state index in [0.717, 1.165) is 18.5 Å². The van der Waals surface area contributed by atoms with Crippen molar-refractivity contribution in [2.45, 2.75) is 19.4 Å². The minimum Gasteiger partial charge on any atom is -0.350 e. The average molecular weight is 354 g/mol. The number of carbonyl (C=O) groups is 1. The van der Waals surface area contributed by atoms with E-state index in [-0.39, 0.29) is 36.8 Å². The van der Waals surface area contributed by atoms with E-state index in [4.69, 9.17) is 0 Å². The van der Waals surface area contributed by atoms with Gasteiger partial charge in [0.25, 0.3) is 5.91 Å². The maximum absolute atomic E-state index is 12.2. The Labute approximate surface area is 148 Å². The summed E-state index contributed by atoms with van der Waals surface area (Å²) in [5, 5.41) is 6.48. The molecular formula is C17H21Cl2N3O. The molecule has 6 heteroatoms. The monoisotopic (exact) mass is 353 g/mol. The molecule has 0 aliphatic carbocycles. The first-order chi connectivity index (χ1) is 10.3. The standard InChI is InChI=1S/C17H19N3O.2ClH/c1-12-6-8-18-10-15(12)17(21)20-11-16-14-5-3-2-4-13(14)7-9-19-16;;/h2-6,8,10,16,19H,7,9,11H2,1H3,(H,20,21);2*1H. The summed E-state index contributed by atoms with van der Waals surface area (Å²) in [6.45, 7) is 3.46. The lowest BCUT2D eigenvalue weighted by molar-refractivity contribution is 0.0948. The van der Waals surface area contributed by atoms with Gasteiger partial charge in [0.2, 0.25) is 0 Å². The summed E-state index contributed by atoms with van der Waals surface area (Å²) in [5.41, 5.74) is 4.24. The summed E-state index contributed by atoms with van der Waals surface area (Å²) in [6, 6.07) is 10.4. The molecular weight excluding hydrogens is 333 g/mol. The van der Waals surface area contributed by atoms with Gasteiger partial charge in [0.1, 0.15) is 0 Å². The number of amides is 1. The Morgan fingerprint density at radius 3 is 2.87 bits per heavy atom. The summed E-state index contributed by atoms with van der Waals surface area (Å²) >= 11 is 0. The fourth-order valence-corrected chi connectivity index (χ4v) is 2.77. The maximum Gasteiger partial charge on any atom is 0.253 e. The summed E-state index contributed by atoms with van der Waals surface area (Å²) in [5.74, 6) is -0.0644. The summed E-state index contributed by atoms with van der Waals surface area (Å²) in [7, 11) is 0. The topological polar surface area (TPSA) is 54.0 Å². The highest BCUT2D eigenvalue weighted by molar-refractivity contribution is 5.95. The molecule has 3 rings (SSSR count). The number of hydrogen-bond donors (Lipinski definition) is 2. The minimum absolute atomic E-state index is 0. The van der Waals surface area contributed by atoms with Crippen LogP contribution in [0.25, 0.3) is 0 Å². The number of nitrogens with zero attached hydrogens (tertiary/aromatic N) is 1. The highest BCUT2D eigenvalue weighted by Crippen LogP contribution is 2.21. The molecule has 0 saturated carbocycles. The fraction of sp³-hybridized carbons (Fsp3) is 0.294. The molecule has 124 valence electrons. The van der Waals surface area contributed by atoms with Gasteiger partial charge >= 0.3 is 0 Å². The number of carbonyl (C=O) groups excluding carboxylic acids is 1. The van der Waals surface area contributed by atoms with Gasteiger partial charge < -0.3 is 10.6 Å². The summed E-state index contributed by atoms with van der Waals surface area (Å²) < 4.78 is 0. The van der Waals surface area contributed by atoms with Crippen LogP contribution in [-0.4, -0.2) is 24.0 Å². The van der Waals surface area contributed by atoms with E-state index >= 15 is 0 Å². The van der Waals surface area contributed by atoms with Crippen LogP contribution < -0.4 is 10.6 Å². The molecule has 1 aromatic carbocycles. The molecule has 0 spiro atoms. The van der Waals surface area contributed by atoms with Gasteiger partial charge in [0.15, 0.2) is 0 Å². The van der Waals surface area contributed by atoms with Crippen molar-refractivity contribution in [3.05, 3.63) is 65.0 Å². The molecule has 23 heavy (non-hydrogen) atoms. The first-order valence-corrected chi connectivity index (χ1v) is 7.25. The molecule has 4 nitrogen and oxygen atoms in total. The quantitative estimate of drug-likeness (QED) is 0.891. The minimum atomic E-state index is -0.0644. The summed E-state index contributed by atoms with van der Waals surface area (Å²) in [4.78, 5) is 16.3. The van der Waals surface area contributed by atoms with Gasteiger partial charge in [0.05, 0.1) is 5.56 Å². The number of aromatic nitrogens is 1. The Morgan fingerprint density at radius 2 is 2.09 bits per heavy atom. The molecule has 1 aromatic heterocycles. The highest BCUT2D eigenvalue weighted by atomic mass is 35.5. The van der Waals surface area contributed by atoms with Crippen LogP contribution in [-0.2, 0) is 6.42 Å². The third-order valence-corrected chi connectivity index (χ3v) is 3.97. The number of aryl methyl sites for hydroxylation is 1. The van der Waals surface area contributed by atoms with Crippen molar-refractivity contribution in [3.63, 3.8) is 0 Å². The lowest BCUT2D eigenvalue weighted by atomic mass is 9.94. The first kappa shape index (κ1) is 19.4. The van der Waals surface area contributed by atoms with E-state index in [9.17, 15) is 4.79 Å². The van der Waals surface area contributed by atoms with Gasteiger partial charge in [-0.2, -0.15) is 0 Å². The van der Waals surface area contributed by atoms with Crippen LogP contribution in [0.3, 0.4) is 0 Å². The molecule has 0 saturated heterocycles. The van der Waals surface area contributed by atoms with E-state index in [1.165, 1.54) is 11.1 Å². The fourth-order valence-electron chi connectivity index (χ4n) is 2.77. The Morgan fingerprint density at radius 1 is 1.30 bits per heavy atom. The van der Waals surface area contributed by atoms with Crippen molar-refractivity contribution in [1.82, 2.24) is 15.6 Å². The molecule has 1 aliphatic rings. The van der Waals surface area contributed by atoms with E-state index in [1.54, 1.807) is 12.4 Å². The maximum atomic E-state index is 12.2. The normalized spacial score (nSPS) is 15.6. The molecule has 1 amide bonds. The number of pyridine rings is 1. The molecule has 1 aliphatic heterocycles. The van der Waals surface area contributed by atoms with Crippen LogP contribution in [0.2, 0.25) is 0 Å². The third kappa shape index (κ3) is 4.44. The highest BCUT2D eigenvalue weighted by Gasteiger charge is 2.20. The Kier molecular flexibility index (Phi) is 7.49. The van der Waals surface area contributed by atoms with Gasteiger partial charge in [-0.05, 0) is 42.6 Å². The van der Waals surface area contributed by atoms with E-state index in [0.29, 0.717) is 12.1 Å². The van der Waals surface area contributed by atoms with Gasteiger partial charge in [-0.1, -0.05) is 24.3 Å². The predicted molar refractivity (Wildman–Crippen MR) is 96.7 cm³/mol. The Bertz CT molecular complexity index is 664. The smallest absolute Gasteiger partial charge is 0.253 e. The molecule has 1 atom stereocenters. The van der Waals surface area contributed by atoms with Crippen molar-refractivity contribution >= 4 is 30.7 Å². The van der Waals surface area contributed by atoms with Crippen LogP contribution in [0.15, 0.2) is 42.7 Å². The number of fused-ring (bicyclic) bond motifs is 1. The number of hydrogen-bond acceptors (Lipinski definition) is 3. The van der Waals surface area contributed by atoms with Crippen LogP contribution in [0, 0.1) is 6.92 Å². The molecule has 2 heterocycles. The second-order valence-corrected chi connectivity index (χ2v) is 5.36. The van der Waals surface area contributed by atoms with Crippen LogP contribution in [0.1, 0.15) is 33.1 Å². The second kappa shape index (κ2) is 8.87. The Hall–Kier alpha value is -1.62. The second-order valence-electron chi connectivity index (χ2n) is 5.36. The molecule has 0 radical (unpaired) electrons. The molecule has 1 unspecified atom stereocenters. The van der Waals surface area contributed by atoms with E-state index < -0.39 is 0 Å². The molecule has 0 bridgehead atoms. The first-order valence-electron chi connectivity index (χ1n) is 7.25. The zero-order valence-electron chi connectivity index (χ0n) is 12.9. The van der Waals surface area contributed by atoms with Gasteiger partial charge in [0, 0.05) is 25.0 Å². The predicted octanol–water partition coefficient (Wildman–Crippen LogP) is 2.85. The number of rotatable bonds is 3. The van der Waals surface area contributed by atoms with Crippen LogP contribution >= 0.6 is 24.8 Å². The van der Waals surface area contributed by atoms with Crippen LogP contribution in [0.4, 0.5) is 0 Å². The number of nitrogens with one attached hydrogen (secondary N) is 2. The van der Waals surface area contributed by atoms with Crippen molar-refractivity contribution in [1.29, 1.82) is 0 Å². The van der Waals surface area contributed by atoms with Crippen molar-refractivity contribution in [2.24, 2.45) is 0 Å². The van der Waals surface area contributed by atoms with Gasteiger partial charge in [-0.15, -0.1) is 24.8 Å².